The maximum atomic E-state index is 6.07. The fourth-order valence-electron chi connectivity index (χ4n) is 3.38. The van der Waals surface area contributed by atoms with Crippen molar-refractivity contribution >= 4 is 33.7 Å². The van der Waals surface area contributed by atoms with Gasteiger partial charge in [0.15, 0.2) is 0 Å². The molecule has 0 aromatic carbocycles. The van der Waals surface area contributed by atoms with Crippen LogP contribution < -0.4 is 11.1 Å². The Balaban J connectivity index is 1.83. The van der Waals surface area contributed by atoms with Crippen molar-refractivity contribution in [2.24, 2.45) is 11.8 Å². The Hall–Kier alpha value is -1.14. The molecule has 1 aliphatic rings. The molecule has 1 aliphatic carbocycles. The highest BCUT2D eigenvalue weighted by Crippen LogP contribution is 2.39. The van der Waals surface area contributed by atoms with Crippen molar-refractivity contribution in [2.45, 2.75) is 46.1 Å². The molecule has 4 nitrogen and oxygen atoms in total. The van der Waals surface area contributed by atoms with Gasteiger partial charge in [0, 0.05) is 11.4 Å². The number of anilines is 2. The molecule has 3 rings (SSSR count). The van der Waals surface area contributed by atoms with Crippen LogP contribution in [0.1, 0.15) is 38.1 Å². The smallest absolute Gasteiger partial charge is 0.148 e. The van der Waals surface area contributed by atoms with Crippen LogP contribution in [0.15, 0.2) is 5.38 Å². The summed E-state index contributed by atoms with van der Waals surface area (Å²) in [5.41, 5.74) is 8.00. The Morgan fingerprint density at radius 3 is 2.57 bits per heavy atom. The second-order valence-electron chi connectivity index (χ2n) is 6.28. The van der Waals surface area contributed by atoms with Gasteiger partial charge in [0.1, 0.15) is 10.8 Å². The third-order valence-electron chi connectivity index (χ3n) is 4.11. The van der Waals surface area contributed by atoms with Crippen LogP contribution in [0.4, 0.5) is 10.8 Å². The molecule has 2 atom stereocenters. The Morgan fingerprint density at radius 1 is 1.24 bits per heavy atom. The van der Waals surface area contributed by atoms with Gasteiger partial charge in [0.05, 0.1) is 16.3 Å². The fourth-order valence-corrected chi connectivity index (χ4v) is 4.78. The molecule has 2 heterocycles. The van der Waals surface area contributed by atoms with Crippen LogP contribution in [0.5, 0.6) is 0 Å². The first-order valence-corrected chi connectivity index (χ1v) is 9.12. The molecule has 21 heavy (non-hydrogen) atoms. The summed E-state index contributed by atoms with van der Waals surface area (Å²) in [6, 6.07) is 0.516. The minimum Gasteiger partial charge on any atom is -0.382 e. The number of rotatable bonds is 3. The first-order chi connectivity index (χ1) is 10.0. The maximum Gasteiger partial charge on any atom is 0.148 e. The number of nitrogens with two attached hydrogens (primary N) is 1. The van der Waals surface area contributed by atoms with E-state index in [9.17, 15) is 0 Å². The zero-order chi connectivity index (χ0) is 15.0. The predicted octanol–water partition coefficient (Wildman–Crippen LogP) is 4.39. The van der Waals surface area contributed by atoms with E-state index in [4.69, 9.17) is 5.73 Å². The monoisotopic (exact) mass is 322 g/mol. The summed E-state index contributed by atoms with van der Waals surface area (Å²) in [5.74, 6) is 2.15. The van der Waals surface area contributed by atoms with Crippen LogP contribution in [0, 0.1) is 18.8 Å². The average molecular weight is 323 g/mol. The van der Waals surface area contributed by atoms with Gasteiger partial charge in [-0.15, -0.1) is 11.3 Å². The van der Waals surface area contributed by atoms with Crippen LogP contribution in [0.2, 0.25) is 0 Å². The molecule has 6 heteroatoms. The molecule has 3 N–H and O–H groups in total. The highest BCUT2D eigenvalue weighted by molar-refractivity contribution is 7.11. The number of hydrogen-bond donors (Lipinski definition) is 2. The van der Waals surface area contributed by atoms with Crippen molar-refractivity contribution < 1.29 is 0 Å². The van der Waals surface area contributed by atoms with Crippen molar-refractivity contribution in [1.29, 1.82) is 0 Å². The summed E-state index contributed by atoms with van der Waals surface area (Å²) < 4.78 is 4.33. The molecule has 0 saturated heterocycles. The van der Waals surface area contributed by atoms with Gasteiger partial charge in [0.2, 0.25) is 0 Å². The standard InChI is InChI=1S/C15H22N4S2/c1-8-4-9(2)6-11(5-8)18-15-13(14(16)19-21-15)12-7-20-10(3)17-12/h7-9,11,18H,4-6H2,1-3H3,(H2,16,19). The number of nitrogen functional groups attached to an aromatic ring is 1. The van der Waals surface area contributed by atoms with Crippen molar-refractivity contribution in [1.82, 2.24) is 9.36 Å². The molecule has 2 unspecified atom stereocenters. The number of nitrogens with zero attached hydrogens (tertiary/aromatic N) is 2. The quantitative estimate of drug-likeness (QED) is 0.879. The van der Waals surface area contributed by atoms with Crippen LogP contribution >= 0.6 is 22.9 Å². The minimum atomic E-state index is 0.516. The van der Waals surface area contributed by atoms with Gasteiger partial charge in [-0.3, -0.25) is 0 Å². The molecule has 0 amide bonds. The lowest BCUT2D eigenvalue weighted by Crippen LogP contribution is -2.30. The number of aromatic nitrogens is 2. The Labute approximate surface area is 134 Å². The van der Waals surface area contributed by atoms with Gasteiger partial charge in [-0.2, -0.15) is 4.37 Å². The zero-order valence-corrected chi connectivity index (χ0v) is 14.4. The van der Waals surface area contributed by atoms with E-state index < -0.39 is 0 Å². The van der Waals surface area contributed by atoms with Crippen molar-refractivity contribution in [2.75, 3.05) is 11.1 Å². The van der Waals surface area contributed by atoms with Crippen molar-refractivity contribution in [3.8, 4) is 11.3 Å². The van der Waals surface area contributed by atoms with E-state index in [0.29, 0.717) is 11.9 Å². The summed E-state index contributed by atoms with van der Waals surface area (Å²) in [6.07, 6.45) is 3.77. The third-order valence-corrected chi connectivity index (χ3v) is 5.67. The van der Waals surface area contributed by atoms with Crippen LogP contribution in [-0.4, -0.2) is 15.4 Å². The number of aryl methyl sites for hydroxylation is 1. The highest BCUT2D eigenvalue weighted by Gasteiger charge is 2.26. The van der Waals surface area contributed by atoms with Crippen LogP contribution in [0.25, 0.3) is 11.3 Å². The van der Waals surface area contributed by atoms with E-state index in [1.807, 2.05) is 6.92 Å². The SMILES string of the molecule is Cc1nc(-c2c(N)nsc2NC2CC(C)CC(C)C2)cs1. The molecule has 0 spiro atoms. The number of hydrogen-bond acceptors (Lipinski definition) is 6. The number of thiazole rings is 1. The van der Waals surface area contributed by atoms with Gasteiger partial charge < -0.3 is 11.1 Å². The largest absolute Gasteiger partial charge is 0.382 e. The Morgan fingerprint density at radius 2 is 1.95 bits per heavy atom. The van der Waals surface area contributed by atoms with Gasteiger partial charge in [-0.1, -0.05) is 13.8 Å². The second-order valence-corrected chi connectivity index (χ2v) is 8.12. The number of nitrogens with one attached hydrogen (secondary N) is 1. The average Bonchev–Trinajstić information content (AvgIpc) is 2.95. The van der Waals surface area contributed by atoms with Gasteiger partial charge >= 0.3 is 0 Å². The Bertz CT molecular complexity index is 609. The molecule has 1 fully saturated rings. The minimum absolute atomic E-state index is 0.516. The normalized spacial score (nSPS) is 26.0. The molecule has 1 saturated carbocycles. The molecule has 0 radical (unpaired) electrons. The van der Waals surface area contributed by atoms with Crippen LogP contribution in [0.3, 0.4) is 0 Å². The van der Waals surface area contributed by atoms with E-state index in [1.54, 1.807) is 11.3 Å². The first-order valence-electron chi connectivity index (χ1n) is 7.47. The predicted molar refractivity (Wildman–Crippen MR) is 92.0 cm³/mol. The van der Waals surface area contributed by atoms with Crippen molar-refractivity contribution in [3.63, 3.8) is 0 Å². The van der Waals surface area contributed by atoms with E-state index >= 15 is 0 Å². The highest BCUT2D eigenvalue weighted by atomic mass is 32.1. The van der Waals surface area contributed by atoms with Crippen LogP contribution in [-0.2, 0) is 0 Å². The maximum absolute atomic E-state index is 6.07. The lowest BCUT2D eigenvalue weighted by molar-refractivity contribution is 0.281. The van der Waals surface area contributed by atoms with E-state index in [2.05, 4.69) is 33.9 Å². The molecule has 2 aromatic heterocycles. The summed E-state index contributed by atoms with van der Waals surface area (Å²) >= 11 is 3.10. The van der Waals surface area contributed by atoms with Crippen molar-refractivity contribution in [3.05, 3.63) is 10.4 Å². The molecular weight excluding hydrogens is 300 g/mol. The molecule has 0 aliphatic heterocycles. The fraction of sp³-hybridized carbons (Fsp3) is 0.600. The Kier molecular flexibility index (Phi) is 4.17. The first kappa shape index (κ1) is 14.8. The molecule has 114 valence electrons. The van der Waals surface area contributed by atoms with E-state index in [0.717, 1.165) is 33.1 Å². The van der Waals surface area contributed by atoms with Gasteiger partial charge in [-0.05, 0) is 49.6 Å². The van der Waals surface area contributed by atoms with Gasteiger partial charge in [0.25, 0.3) is 0 Å². The summed E-state index contributed by atoms with van der Waals surface area (Å²) in [4.78, 5) is 4.56. The molecule has 0 bridgehead atoms. The summed E-state index contributed by atoms with van der Waals surface area (Å²) in [5, 5.41) is 7.87. The topological polar surface area (TPSA) is 63.8 Å². The third kappa shape index (κ3) is 3.21. The van der Waals surface area contributed by atoms with E-state index in [1.165, 1.54) is 30.8 Å². The van der Waals surface area contributed by atoms with Gasteiger partial charge in [-0.25, -0.2) is 4.98 Å². The second kappa shape index (κ2) is 5.93. The lowest BCUT2D eigenvalue weighted by atomic mass is 9.80. The summed E-state index contributed by atoms with van der Waals surface area (Å²) in [6.45, 7) is 6.70. The van der Waals surface area contributed by atoms with E-state index in [-0.39, 0.29) is 0 Å². The molecular formula is C15H22N4S2. The molecule has 2 aromatic rings. The lowest BCUT2D eigenvalue weighted by Gasteiger charge is -2.32. The zero-order valence-electron chi connectivity index (χ0n) is 12.7. The summed E-state index contributed by atoms with van der Waals surface area (Å²) in [7, 11) is 0.